The van der Waals surface area contributed by atoms with Crippen molar-refractivity contribution >= 4 is 0 Å². The maximum Gasteiger partial charge on any atom is 0.0977 e. The summed E-state index contributed by atoms with van der Waals surface area (Å²) in [6, 6.07) is 0.451. The van der Waals surface area contributed by atoms with Gasteiger partial charge in [0.2, 0.25) is 0 Å². The van der Waals surface area contributed by atoms with Crippen molar-refractivity contribution in [2.45, 2.75) is 58.0 Å². The molecule has 0 amide bonds. The molecule has 4 heteroatoms. The van der Waals surface area contributed by atoms with Crippen LogP contribution in [0.4, 0.5) is 0 Å². The fourth-order valence-corrected chi connectivity index (χ4v) is 2.69. The molecule has 2 rings (SSSR count). The Morgan fingerprint density at radius 2 is 2.11 bits per heavy atom. The van der Waals surface area contributed by atoms with Gasteiger partial charge in [-0.25, -0.2) is 0 Å². The zero-order valence-corrected chi connectivity index (χ0v) is 11.9. The molecule has 0 spiro atoms. The van der Waals surface area contributed by atoms with Crippen molar-refractivity contribution in [1.82, 2.24) is 10.6 Å². The van der Waals surface area contributed by atoms with Gasteiger partial charge in [-0.05, 0) is 19.3 Å². The summed E-state index contributed by atoms with van der Waals surface area (Å²) in [6.45, 7) is 10.4. The normalized spacial score (nSPS) is 39.5. The van der Waals surface area contributed by atoms with E-state index in [1.165, 1.54) is 6.42 Å². The van der Waals surface area contributed by atoms with Crippen molar-refractivity contribution in [2.24, 2.45) is 5.92 Å². The van der Waals surface area contributed by atoms with Crippen LogP contribution < -0.4 is 10.6 Å². The summed E-state index contributed by atoms with van der Waals surface area (Å²) in [6.07, 6.45) is 3.09. The fraction of sp³-hybridized carbons (Fsp3) is 1.00. The third kappa shape index (κ3) is 3.67. The number of nitrogens with one attached hydrogen (secondary N) is 2. The van der Waals surface area contributed by atoms with E-state index in [-0.39, 0.29) is 12.2 Å². The molecule has 5 atom stereocenters. The summed E-state index contributed by atoms with van der Waals surface area (Å²) in [7, 11) is 0. The molecule has 0 aromatic carbocycles. The van der Waals surface area contributed by atoms with Crippen LogP contribution >= 0.6 is 0 Å². The number of hydrogen-bond donors (Lipinski definition) is 2. The minimum absolute atomic E-state index is 0.197. The SMILES string of the molecule is CCC(C)CC1OC(C2CNCCO2)CNC1C. The predicted molar refractivity (Wildman–Crippen MR) is 72.8 cm³/mol. The molecule has 2 N–H and O–H groups in total. The Kier molecular flexibility index (Phi) is 5.42. The minimum Gasteiger partial charge on any atom is -0.373 e. The van der Waals surface area contributed by atoms with Crippen LogP contribution in [0.5, 0.6) is 0 Å². The average molecular weight is 256 g/mol. The molecule has 106 valence electrons. The highest BCUT2D eigenvalue weighted by Crippen LogP contribution is 2.22. The van der Waals surface area contributed by atoms with Gasteiger partial charge >= 0.3 is 0 Å². The van der Waals surface area contributed by atoms with Crippen molar-refractivity contribution in [1.29, 1.82) is 0 Å². The Bertz CT molecular complexity index is 244. The van der Waals surface area contributed by atoms with Crippen molar-refractivity contribution in [2.75, 3.05) is 26.2 Å². The van der Waals surface area contributed by atoms with Crippen molar-refractivity contribution in [3.8, 4) is 0 Å². The van der Waals surface area contributed by atoms with Gasteiger partial charge in [0.15, 0.2) is 0 Å². The first-order valence-corrected chi connectivity index (χ1v) is 7.41. The number of hydrogen-bond acceptors (Lipinski definition) is 4. The molecule has 4 nitrogen and oxygen atoms in total. The van der Waals surface area contributed by atoms with Crippen LogP contribution in [0.25, 0.3) is 0 Å². The first kappa shape index (κ1) is 14.3. The maximum atomic E-state index is 6.28. The molecule has 2 aliphatic rings. The van der Waals surface area contributed by atoms with Gasteiger partial charge < -0.3 is 20.1 Å². The average Bonchev–Trinajstić information content (AvgIpc) is 2.42. The van der Waals surface area contributed by atoms with E-state index in [9.17, 15) is 0 Å². The molecule has 2 aliphatic heterocycles. The van der Waals surface area contributed by atoms with E-state index < -0.39 is 0 Å². The van der Waals surface area contributed by atoms with Crippen LogP contribution in [0.3, 0.4) is 0 Å². The van der Waals surface area contributed by atoms with Crippen LogP contribution in [0.15, 0.2) is 0 Å². The van der Waals surface area contributed by atoms with Crippen LogP contribution in [-0.4, -0.2) is 50.6 Å². The molecule has 2 saturated heterocycles. The third-order valence-corrected chi connectivity index (χ3v) is 4.25. The summed E-state index contributed by atoms with van der Waals surface area (Å²) in [5.41, 5.74) is 0. The lowest BCUT2D eigenvalue weighted by Crippen LogP contribution is -2.58. The molecule has 0 radical (unpaired) electrons. The van der Waals surface area contributed by atoms with E-state index in [0.29, 0.717) is 12.1 Å². The molecular formula is C14H28N2O2. The highest BCUT2D eigenvalue weighted by molar-refractivity contribution is 4.88. The quantitative estimate of drug-likeness (QED) is 0.792. The third-order valence-electron chi connectivity index (χ3n) is 4.25. The van der Waals surface area contributed by atoms with Gasteiger partial charge in [0.05, 0.1) is 24.9 Å². The molecule has 5 unspecified atom stereocenters. The second-order valence-corrected chi connectivity index (χ2v) is 5.77. The highest BCUT2D eigenvalue weighted by Gasteiger charge is 2.34. The number of morpholine rings is 2. The zero-order chi connectivity index (χ0) is 13.0. The molecule has 0 aromatic rings. The molecule has 2 fully saturated rings. The second kappa shape index (κ2) is 6.85. The van der Waals surface area contributed by atoms with Gasteiger partial charge in [0, 0.05) is 25.7 Å². The van der Waals surface area contributed by atoms with Gasteiger partial charge in [-0.2, -0.15) is 0 Å². The van der Waals surface area contributed by atoms with E-state index in [4.69, 9.17) is 9.47 Å². The van der Waals surface area contributed by atoms with E-state index in [2.05, 4.69) is 31.4 Å². The predicted octanol–water partition coefficient (Wildman–Crippen LogP) is 1.16. The summed E-state index contributed by atoms with van der Waals surface area (Å²) in [5, 5.41) is 6.95. The molecule has 18 heavy (non-hydrogen) atoms. The van der Waals surface area contributed by atoms with Gasteiger partial charge in [0.25, 0.3) is 0 Å². The lowest BCUT2D eigenvalue weighted by atomic mass is 9.95. The largest absolute Gasteiger partial charge is 0.373 e. The molecule has 0 bridgehead atoms. The standard InChI is InChI=1S/C14H28N2O2/c1-4-10(2)7-12-11(3)16-9-14(18-12)13-8-15-5-6-17-13/h10-16H,4-9H2,1-3H3. The summed E-state index contributed by atoms with van der Waals surface area (Å²) in [5.74, 6) is 0.725. The Morgan fingerprint density at radius 3 is 2.78 bits per heavy atom. The van der Waals surface area contributed by atoms with E-state index in [1.54, 1.807) is 0 Å². The van der Waals surface area contributed by atoms with Crippen LogP contribution in [0.1, 0.15) is 33.6 Å². The van der Waals surface area contributed by atoms with E-state index in [1.807, 2.05) is 0 Å². The maximum absolute atomic E-state index is 6.28. The lowest BCUT2D eigenvalue weighted by molar-refractivity contribution is -0.139. The molecule has 0 aliphatic carbocycles. The summed E-state index contributed by atoms with van der Waals surface area (Å²) in [4.78, 5) is 0. The molecular weight excluding hydrogens is 228 g/mol. The first-order chi connectivity index (χ1) is 8.70. The first-order valence-electron chi connectivity index (χ1n) is 7.41. The van der Waals surface area contributed by atoms with Crippen molar-refractivity contribution in [3.05, 3.63) is 0 Å². The Hall–Kier alpha value is -0.160. The van der Waals surface area contributed by atoms with E-state index in [0.717, 1.165) is 38.6 Å². The van der Waals surface area contributed by atoms with Gasteiger partial charge in [-0.1, -0.05) is 20.3 Å². The second-order valence-electron chi connectivity index (χ2n) is 5.77. The lowest BCUT2D eigenvalue weighted by Gasteiger charge is -2.41. The van der Waals surface area contributed by atoms with Gasteiger partial charge in [0.1, 0.15) is 0 Å². The van der Waals surface area contributed by atoms with Crippen LogP contribution in [0.2, 0.25) is 0 Å². The summed E-state index contributed by atoms with van der Waals surface area (Å²) < 4.78 is 12.1. The van der Waals surface area contributed by atoms with E-state index >= 15 is 0 Å². The number of rotatable bonds is 4. The van der Waals surface area contributed by atoms with Crippen molar-refractivity contribution in [3.63, 3.8) is 0 Å². The smallest absolute Gasteiger partial charge is 0.0977 e. The topological polar surface area (TPSA) is 42.5 Å². The Labute approximate surface area is 111 Å². The fourth-order valence-electron chi connectivity index (χ4n) is 2.69. The molecule has 2 heterocycles. The van der Waals surface area contributed by atoms with Crippen LogP contribution in [0, 0.1) is 5.92 Å². The minimum atomic E-state index is 0.197. The van der Waals surface area contributed by atoms with Gasteiger partial charge in [-0.15, -0.1) is 0 Å². The zero-order valence-electron chi connectivity index (χ0n) is 11.9. The Morgan fingerprint density at radius 1 is 1.28 bits per heavy atom. The van der Waals surface area contributed by atoms with Crippen LogP contribution in [-0.2, 0) is 9.47 Å². The van der Waals surface area contributed by atoms with Crippen molar-refractivity contribution < 1.29 is 9.47 Å². The Balaban J connectivity index is 1.86. The number of ether oxygens (including phenoxy) is 2. The van der Waals surface area contributed by atoms with Gasteiger partial charge in [-0.3, -0.25) is 0 Å². The highest BCUT2D eigenvalue weighted by atomic mass is 16.6. The summed E-state index contributed by atoms with van der Waals surface area (Å²) >= 11 is 0. The molecule has 0 saturated carbocycles. The monoisotopic (exact) mass is 256 g/mol. The molecule has 0 aromatic heterocycles.